The number of benzene rings is 1. The van der Waals surface area contributed by atoms with Gasteiger partial charge in [-0.2, -0.15) is 13.2 Å². The SMILES string of the molecule is CN=C(/C(C)=C(/C)C(=N)c1ccc(OC)cc1)N1CCN(c2ccc(C(F)(F)F)cn2)CC1. The number of ether oxygens (including phenoxy) is 1. The number of rotatable bonds is 5. The van der Waals surface area contributed by atoms with Gasteiger partial charge < -0.3 is 14.5 Å². The number of piperazine rings is 1. The first-order valence-corrected chi connectivity index (χ1v) is 10.6. The number of allylic oxidation sites excluding steroid dienone is 1. The Labute approximate surface area is 191 Å². The van der Waals surface area contributed by atoms with Gasteiger partial charge in [-0.25, -0.2) is 4.98 Å². The molecule has 1 N–H and O–H groups in total. The van der Waals surface area contributed by atoms with E-state index in [1.807, 2.05) is 43.0 Å². The number of amidine groups is 1. The molecule has 1 saturated heterocycles. The summed E-state index contributed by atoms with van der Waals surface area (Å²) in [5, 5.41) is 8.61. The predicted octanol–water partition coefficient (Wildman–Crippen LogP) is 4.66. The van der Waals surface area contributed by atoms with Crippen molar-refractivity contribution in [3.8, 4) is 5.75 Å². The van der Waals surface area contributed by atoms with Gasteiger partial charge in [0.15, 0.2) is 0 Å². The lowest BCUT2D eigenvalue weighted by Gasteiger charge is -2.37. The Morgan fingerprint density at radius 3 is 2.12 bits per heavy atom. The van der Waals surface area contributed by atoms with Crippen LogP contribution in [-0.4, -0.2) is 61.8 Å². The van der Waals surface area contributed by atoms with Crippen LogP contribution in [-0.2, 0) is 6.18 Å². The zero-order valence-corrected chi connectivity index (χ0v) is 19.2. The van der Waals surface area contributed by atoms with Crippen LogP contribution < -0.4 is 9.64 Å². The van der Waals surface area contributed by atoms with Crippen LogP contribution in [0, 0.1) is 5.41 Å². The number of methoxy groups -OCH3 is 1. The number of aromatic nitrogens is 1. The highest BCUT2D eigenvalue weighted by atomic mass is 19.4. The molecule has 0 unspecified atom stereocenters. The maximum atomic E-state index is 12.8. The van der Waals surface area contributed by atoms with Crippen molar-refractivity contribution in [2.24, 2.45) is 4.99 Å². The molecule has 2 aromatic rings. The van der Waals surface area contributed by atoms with Crippen molar-refractivity contribution in [2.45, 2.75) is 20.0 Å². The molecule has 1 fully saturated rings. The van der Waals surface area contributed by atoms with Gasteiger partial charge in [-0.15, -0.1) is 0 Å². The van der Waals surface area contributed by atoms with Gasteiger partial charge in [-0.05, 0) is 67.0 Å². The highest BCUT2D eigenvalue weighted by Crippen LogP contribution is 2.29. The predicted molar refractivity (Wildman–Crippen MR) is 125 cm³/mol. The summed E-state index contributed by atoms with van der Waals surface area (Å²) in [5.74, 6) is 2.08. The van der Waals surface area contributed by atoms with Crippen molar-refractivity contribution in [2.75, 3.05) is 45.2 Å². The second-order valence-electron chi connectivity index (χ2n) is 7.78. The molecule has 1 aromatic heterocycles. The van der Waals surface area contributed by atoms with E-state index in [4.69, 9.17) is 10.1 Å². The largest absolute Gasteiger partial charge is 0.497 e. The zero-order chi connectivity index (χ0) is 24.2. The van der Waals surface area contributed by atoms with E-state index in [0.29, 0.717) is 37.7 Å². The molecule has 0 bridgehead atoms. The summed E-state index contributed by atoms with van der Waals surface area (Å²) in [4.78, 5) is 12.6. The fourth-order valence-corrected chi connectivity index (χ4v) is 3.76. The third-order valence-electron chi connectivity index (χ3n) is 5.84. The number of alkyl halides is 3. The first kappa shape index (κ1) is 24.3. The fourth-order valence-electron chi connectivity index (χ4n) is 3.76. The van der Waals surface area contributed by atoms with Crippen LogP contribution in [0.5, 0.6) is 5.75 Å². The Morgan fingerprint density at radius 1 is 1.00 bits per heavy atom. The Kier molecular flexibility index (Phi) is 7.40. The maximum Gasteiger partial charge on any atom is 0.417 e. The number of hydrogen-bond acceptors (Lipinski definition) is 5. The first-order chi connectivity index (χ1) is 15.7. The van der Waals surface area contributed by atoms with Crippen molar-refractivity contribution in [3.63, 3.8) is 0 Å². The summed E-state index contributed by atoms with van der Waals surface area (Å²) in [6.45, 7) is 6.39. The Morgan fingerprint density at radius 2 is 1.64 bits per heavy atom. The third kappa shape index (κ3) is 5.53. The van der Waals surface area contributed by atoms with Crippen LogP contribution in [0.1, 0.15) is 25.0 Å². The molecule has 1 aliphatic heterocycles. The molecule has 9 heteroatoms. The van der Waals surface area contributed by atoms with Crippen molar-refractivity contribution in [1.82, 2.24) is 9.88 Å². The molecule has 0 radical (unpaired) electrons. The lowest BCUT2D eigenvalue weighted by molar-refractivity contribution is -0.137. The number of nitrogens with one attached hydrogen (secondary N) is 1. The molecule has 0 atom stereocenters. The zero-order valence-electron chi connectivity index (χ0n) is 19.2. The lowest BCUT2D eigenvalue weighted by Crippen LogP contribution is -2.49. The van der Waals surface area contributed by atoms with Crippen LogP contribution in [0.25, 0.3) is 0 Å². The molecule has 1 aromatic carbocycles. The fraction of sp³-hybridized carbons (Fsp3) is 0.375. The third-order valence-corrected chi connectivity index (χ3v) is 5.84. The molecule has 2 heterocycles. The molecular weight excluding hydrogens is 431 g/mol. The normalized spacial score (nSPS) is 15.9. The van der Waals surface area contributed by atoms with Crippen molar-refractivity contribution in [1.29, 1.82) is 5.41 Å². The van der Waals surface area contributed by atoms with E-state index < -0.39 is 11.7 Å². The number of pyridine rings is 1. The molecule has 0 spiro atoms. The molecular formula is C24H28F3N5O. The first-order valence-electron chi connectivity index (χ1n) is 10.6. The van der Waals surface area contributed by atoms with Crippen LogP contribution in [0.2, 0.25) is 0 Å². The van der Waals surface area contributed by atoms with E-state index in [1.165, 1.54) is 6.07 Å². The summed E-state index contributed by atoms with van der Waals surface area (Å²) < 4.78 is 43.5. The Hall–Kier alpha value is -3.36. The minimum atomic E-state index is -4.39. The monoisotopic (exact) mass is 459 g/mol. The molecule has 0 saturated carbocycles. The summed E-state index contributed by atoms with van der Waals surface area (Å²) in [5.41, 5.74) is 2.21. The number of halogens is 3. The van der Waals surface area contributed by atoms with Crippen molar-refractivity contribution in [3.05, 3.63) is 64.9 Å². The van der Waals surface area contributed by atoms with Crippen LogP contribution >= 0.6 is 0 Å². The van der Waals surface area contributed by atoms with E-state index in [1.54, 1.807) is 14.2 Å². The highest BCUT2D eigenvalue weighted by Gasteiger charge is 2.31. The van der Waals surface area contributed by atoms with E-state index in [9.17, 15) is 13.2 Å². The van der Waals surface area contributed by atoms with Crippen LogP contribution in [0.3, 0.4) is 0 Å². The summed E-state index contributed by atoms with van der Waals surface area (Å²) in [6, 6.07) is 9.85. The Bertz CT molecular complexity index is 1040. The quantitative estimate of drug-likeness (QED) is 0.522. The van der Waals surface area contributed by atoms with Crippen LogP contribution in [0.15, 0.2) is 58.7 Å². The van der Waals surface area contributed by atoms with Gasteiger partial charge in [0.2, 0.25) is 0 Å². The van der Waals surface area contributed by atoms with E-state index >= 15 is 0 Å². The summed E-state index contributed by atoms with van der Waals surface area (Å²) in [7, 11) is 3.33. The second kappa shape index (κ2) is 10.1. The molecule has 6 nitrogen and oxygen atoms in total. The van der Waals surface area contributed by atoms with E-state index in [0.717, 1.165) is 40.6 Å². The molecule has 176 valence electrons. The van der Waals surface area contributed by atoms with Crippen molar-refractivity contribution >= 4 is 17.4 Å². The van der Waals surface area contributed by atoms with Gasteiger partial charge in [0.25, 0.3) is 0 Å². The highest BCUT2D eigenvalue weighted by molar-refractivity contribution is 6.15. The van der Waals surface area contributed by atoms with Gasteiger partial charge >= 0.3 is 6.18 Å². The standard InChI is InChI=1S/C24H28F3N5O/c1-16(22(28)18-5-8-20(33-4)9-6-18)17(2)23(29-3)32-13-11-31(12-14-32)21-10-7-19(15-30-21)24(25,26)27/h5-10,15,28H,11-14H2,1-4H3/b17-16-,28-22?,29-23?. The number of hydrogen-bond donors (Lipinski definition) is 1. The molecule has 3 rings (SSSR count). The molecule has 0 aliphatic carbocycles. The number of nitrogens with zero attached hydrogens (tertiary/aromatic N) is 4. The smallest absolute Gasteiger partial charge is 0.417 e. The topological polar surface area (TPSA) is 64.8 Å². The van der Waals surface area contributed by atoms with Crippen LogP contribution in [0.4, 0.5) is 19.0 Å². The van der Waals surface area contributed by atoms with Crippen molar-refractivity contribution < 1.29 is 17.9 Å². The maximum absolute atomic E-state index is 12.8. The molecule has 33 heavy (non-hydrogen) atoms. The average Bonchev–Trinajstić information content (AvgIpc) is 2.83. The van der Waals surface area contributed by atoms with Gasteiger partial charge in [0.05, 0.1) is 18.4 Å². The van der Waals surface area contributed by atoms with E-state index in [-0.39, 0.29) is 0 Å². The summed E-state index contributed by atoms with van der Waals surface area (Å²) in [6.07, 6.45) is -3.51. The molecule has 0 amide bonds. The summed E-state index contributed by atoms with van der Waals surface area (Å²) >= 11 is 0. The van der Waals surface area contributed by atoms with Gasteiger partial charge in [0.1, 0.15) is 17.4 Å². The van der Waals surface area contributed by atoms with E-state index in [2.05, 4.69) is 14.9 Å². The minimum absolute atomic E-state index is 0.420. The average molecular weight is 460 g/mol. The number of aliphatic imine (C=N–C) groups is 1. The van der Waals surface area contributed by atoms with Gasteiger partial charge in [-0.1, -0.05) is 0 Å². The molecule has 1 aliphatic rings. The van der Waals surface area contributed by atoms with Gasteiger partial charge in [-0.3, -0.25) is 10.4 Å². The van der Waals surface area contributed by atoms with Gasteiger partial charge in [0, 0.05) is 39.4 Å². The number of anilines is 1. The minimum Gasteiger partial charge on any atom is -0.497 e. The second-order valence-corrected chi connectivity index (χ2v) is 7.78. The lowest BCUT2D eigenvalue weighted by atomic mass is 9.98. The Balaban J connectivity index is 1.69.